The van der Waals surface area contributed by atoms with E-state index in [0.29, 0.717) is 12.4 Å². The van der Waals surface area contributed by atoms with Crippen molar-refractivity contribution in [3.05, 3.63) is 53.7 Å². The van der Waals surface area contributed by atoms with Gasteiger partial charge in [0.1, 0.15) is 5.75 Å². The van der Waals surface area contributed by atoms with Gasteiger partial charge in [0.05, 0.1) is 19.8 Å². The van der Waals surface area contributed by atoms with Crippen LogP contribution in [0.2, 0.25) is 0 Å². The lowest BCUT2D eigenvalue weighted by Crippen LogP contribution is -2.42. The molecule has 2 aromatic rings. The minimum Gasteiger partial charge on any atom is -0.496 e. The van der Waals surface area contributed by atoms with E-state index in [1.165, 1.54) is 31.2 Å². The lowest BCUT2D eigenvalue weighted by Gasteiger charge is -2.30. The number of hydrogen-bond donors (Lipinski definition) is 2. The van der Waals surface area contributed by atoms with Gasteiger partial charge in [0.25, 0.3) is 0 Å². The lowest BCUT2D eigenvalue weighted by molar-refractivity contribution is 0.239. The highest BCUT2D eigenvalue weighted by atomic mass is 127. The fourth-order valence-electron chi connectivity index (χ4n) is 4.12. The SMILES string of the molecule is CN=C(NCc1ccc(OCC2CC2)nc1)NCC(c1ccccc1OC)N1CCCC1.I. The van der Waals surface area contributed by atoms with Crippen LogP contribution in [0.1, 0.15) is 42.9 Å². The van der Waals surface area contributed by atoms with E-state index < -0.39 is 0 Å². The molecule has 1 aromatic carbocycles. The Hall–Kier alpha value is -2.07. The predicted molar refractivity (Wildman–Crippen MR) is 143 cm³/mol. The van der Waals surface area contributed by atoms with Gasteiger partial charge in [-0.05, 0) is 56.3 Å². The first kappa shape index (κ1) is 25.6. The summed E-state index contributed by atoms with van der Waals surface area (Å²) in [6, 6.07) is 12.5. The van der Waals surface area contributed by atoms with Gasteiger partial charge >= 0.3 is 0 Å². The van der Waals surface area contributed by atoms with Crippen molar-refractivity contribution in [2.75, 3.05) is 40.4 Å². The normalized spacial score (nSPS) is 17.2. The topological polar surface area (TPSA) is 71.0 Å². The summed E-state index contributed by atoms with van der Waals surface area (Å²) in [7, 11) is 3.54. The van der Waals surface area contributed by atoms with Crippen LogP contribution in [0.3, 0.4) is 0 Å². The monoisotopic (exact) mass is 565 g/mol. The van der Waals surface area contributed by atoms with E-state index in [1.54, 1.807) is 14.2 Å². The first-order chi connectivity index (χ1) is 15.8. The molecular formula is C25H36IN5O2. The van der Waals surface area contributed by atoms with Crippen LogP contribution >= 0.6 is 24.0 Å². The third-order valence-corrected chi connectivity index (χ3v) is 6.19. The standard InChI is InChI=1S/C25H35N5O2.HI/c1-26-25(28-16-20-11-12-24(27-15-20)32-18-19-9-10-19)29-17-22(30-13-5-6-14-30)21-7-3-4-8-23(21)31-2;/h3-4,7-8,11-12,15,19,22H,5-6,9-10,13-14,16-18H2,1-2H3,(H2,26,28,29);1H. The highest BCUT2D eigenvalue weighted by Crippen LogP contribution is 2.31. The van der Waals surface area contributed by atoms with Gasteiger partial charge in [-0.3, -0.25) is 9.89 Å². The van der Waals surface area contributed by atoms with Crippen LogP contribution < -0.4 is 20.1 Å². The fourth-order valence-corrected chi connectivity index (χ4v) is 4.12. The summed E-state index contributed by atoms with van der Waals surface area (Å²) in [4.78, 5) is 11.4. The van der Waals surface area contributed by atoms with Gasteiger partial charge in [0.15, 0.2) is 5.96 Å². The van der Waals surface area contributed by atoms with E-state index in [2.05, 4.69) is 43.7 Å². The average Bonchev–Trinajstić information content (AvgIpc) is 3.52. The van der Waals surface area contributed by atoms with Crippen molar-refractivity contribution in [1.82, 2.24) is 20.5 Å². The number of pyridine rings is 1. The van der Waals surface area contributed by atoms with Crippen molar-refractivity contribution in [3.63, 3.8) is 0 Å². The molecule has 7 nitrogen and oxygen atoms in total. The minimum absolute atomic E-state index is 0. The number of hydrogen-bond acceptors (Lipinski definition) is 5. The quantitative estimate of drug-likeness (QED) is 0.258. The third-order valence-electron chi connectivity index (χ3n) is 6.19. The summed E-state index contributed by atoms with van der Waals surface area (Å²) >= 11 is 0. The van der Waals surface area contributed by atoms with Gasteiger partial charge in [-0.1, -0.05) is 24.3 Å². The molecule has 0 spiro atoms. The summed E-state index contributed by atoms with van der Waals surface area (Å²) in [5.41, 5.74) is 2.30. The number of aromatic nitrogens is 1. The van der Waals surface area contributed by atoms with Gasteiger partial charge < -0.3 is 20.1 Å². The van der Waals surface area contributed by atoms with Crippen LogP contribution in [0.25, 0.3) is 0 Å². The molecule has 2 N–H and O–H groups in total. The number of likely N-dealkylation sites (tertiary alicyclic amines) is 1. The second-order valence-corrected chi connectivity index (χ2v) is 8.57. The molecule has 1 atom stereocenters. The summed E-state index contributed by atoms with van der Waals surface area (Å²) in [5, 5.41) is 6.91. The Morgan fingerprint density at radius 3 is 2.61 bits per heavy atom. The summed E-state index contributed by atoms with van der Waals surface area (Å²) in [6.45, 7) is 4.41. The van der Waals surface area contributed by atoms with Crippen molar-refractivity contribution in [3.8, 4) is 11.6 Å². The molecule has 0 bridgehead atoms. The van der Waals surface area contributed by atoms with Crippen LogP contribution in [0.4, 0.5) is 0 Å². The molecule has 4 rings (SSSR count). The number of para-hydroxylation sites is 1. The highest BCUT2D eigenvalue weighted by Gasteiger charge is 2.26. The zero-order chi connectivity index (χ0) is 22.2. The summed E-state index contributed by atoms with van der Waals surface area (Å²) in [6.07, 6.45) is 6.91. The van der Waals surface area contributed by atoms with E-state index in [-0.39, 0.29) is 30.0 Å². The zero-order valence-electron chi connectivity index (χ0n) is 19.6. The van der Waals surface area contributed by atoms with Crippen LogP contribution in [-0.2, 0) is 6.54 Å². The van der Waals surface area contributed by atoms with Crippen LogP contribution in [-0.4, -0.2) is 56.2 Å². The molecular weight excluding hydrogens is 529 g/mol. The maximum absolute atomic E-state index is 5.72. The van der Waals surface area contributed by atoms with E-state index >= 15 is 0 Å². The molecule has 1 saturated heterocycles. The van der Waals surface area contributed by atoms with Gasteiger partial charge in [0.2, 0.25) is 5.88 Å². The van der Waals surface area contributed by atoms with Gasteiger partial charge in [-0.15, -0.1) is 24.0 Å². The molecule has 1 aliphatic carbocycles. The summed E-state index contributed by atoms with van der Waals surface area (Å²) in [5.74, 6) is 3.14. The number of nitrogens with zero attached hydrogens (tertiary/aromatic N) is 3. The van der Waals surface area contributed by atoms with E-state index in [1.807, 2.05) is 24.4 Å². The molecule has 1 saturated carbocycles. The summed E-state index contributed by atoms with van der Waals surface area (Å²) < 4.78 is 11.4. The number of ether oxygens (including phenoxy) is 2. The largest absolute Gasteiger partial charge is 0.496 e. The Bertz CT molecular complexity index is 883. The van der Waals surface area contributed by atoms with Crippen LogP contribution in [0.15, 0.2) is 47.6 Å². The van der Waals surface area contributed by atoms with Crippen molar-refractivity contribution in [1.29, 1.82) is 0 Å². The zero-order valence-corrected chi connectivity index (χ0v) is 22.0. The van der Waals surface area contributed by atoms with Crippen LogP contribution in [0, 0.1) is 5.92 Å². The highest BCUT2D eigenvalue weighted by molar-refractivity contribution is 14.0. The lowest BCUT2D eigenvalue weighted by atomic mass is 10.0. The maximum Gasteiger partial charge on any atom is 0.213 e. The third kappa shape index (κ3) is 7.46. The average molecular weight is 566 g/mol. The Kier molecular flexibility index (Phi) is 10.1. The number of guanidine groups is 1. The van der Waals surface area contributed by atoms with E-state index in [9.17, 15) is 0 Å². The van der Waals surface area contributed by atoms with Gasteiger partial charge in [-0.25, -0.2) is 4.98 Å². The number of benzene rings is 1. The first-order valence-electron chi connectivity index (χ1n) is 11.7. The Labute approximate surface area is 214 Å². The molecule has 8 heteroatoms. The molecule has 0 radical (unpaired) electrons. The van der Waals surface area contributed by atoms with Gasteiger partial charge in [-0.2, -0.15) is 0 Å². The molecule has 1 aromatic heterocycles. The molecule has 1 unspecified atom stereocenters. The smallest absolute Gasteiger partial charge is 0.213 e. The van der Waals surface area contributed by atoms with Crippen molar-refractivity contribution in [2.45, 2.75) is 38.3 Å². The van der Waals surface area contributed by atoms with Crippen molar-refractivity contribution < 1.29 is 9.47 Å². The van der Waals surface area contributed by atoms with Gasteiger partial charge in [0, 0.05) is 38.0 Å². The minimum atomic E-state index is 0. The molecule has 1 aliphatic heterocycles. The van der Waals surface area contributed by atoms with Crippen molar-refractivity contribution >= 4 is 29.9 Å². The second kappa shape index (κ2) is 13.0. The molecule has 2 heterocycles. The number of rotatable bonds is 10. The number of aliphatic imine (C=N–C) groups is 1. The maximum atomic E-state index is 5.72. The molecule has 180 valence electrons. The van der Waals surface area contributed by atoms with E-state index in [0.717, 1.165) is 49.4 Å². The number of methoxy groups -OCH3 is 1. The molecule has 0 amide bonds. The van der Waals surface area contributed by atoms with Crippen LogP contribution in [0.5, 0.6) is 11.6 Å². The Balaban J connectivity index is 0.00000306. The molecule has 33 heavy (non-hydrogen) atoms. The Morgan fingerprint density at radius 1 is 1.15 bits per heavy atom. The fraction of sp³-hybridized carbons (Fsp3) is 0.520. The number of nitrogens with one attached hydrogen (secondary N) is 2. The van der Waals surface area contributed by atoms with Crippen molar-refractivity contribution in [2.24, 2.45) is 10.9 Å². The second-order valence-electron chi connectivity index (χ2n) is 8.57. The molecule has 2 fully saturated rings. The number of halogens is 1. The Morgan fingerprint density at radius 2 is 1.94 bits per heavy atom. The first-order valence-corrected chi connectivity index (χ1v) is 11.7. The van der Waals surface area contributed by atoms with E-state index in [4.69, 9.17) is 9.47 Å². The molecule has 2 aliphatic rings. The predicted octanol–water partition coefficient (Wildman–Crippen LogP) is 4.00.